The first-order chi connectivity index (χ1) is 15.3. The molecule has 1 aromatic rings. The van der Waals surface area contributed by atoms with Crippen LogP contribution in [0.4, 0.5) is 4.79 Å². The van der Waals surface area contributed by atoms with Gasteiger partial charge in [0.1, 0.15) is 17.7 Å². The van der Waals surface area contributed by atoms with E-state index in [-0.39, 0.29) is 29.8 Å². The SMILES string of the molecule is Cc1ccc(C(C(=O)NC(C)C)N(C(=O)C(CC(C)C)NC(=O)OC(C)(C)C)C2CC2)cc1. The Morgan fingerprint density at radius 1 is 1.03 bits per heavy atom. The normalized spacial score (nSPS) is 15.7. The Bertz CT molecular complexity index is 823. The molecule has 7 nitrogen and oxygen atoms in total. The molecule has 1 aromatic carbocycles. The van der Waals surface area contributed by atoms with Gasteiger partial charge >= 0.3 is 6.09 Å². The lowest BCUT2D eigenvalue weighted by Gasteiger charge is -2.35. The van der Waals surface area contributed by atoms with E-state index in [1.807, 2.05) is 58.9 Å². The van der Waals surface area contributed by atoms with Crippen molar-refractivity contribution in [1.82, 2.24) is 15.5 Å². The highest BCUT2D eigenvalue weighted by molar-refractivity contribution is 5.92. The van der Waals surface area contributed by atoms with Crippen molar-refractivity contribution >= 4 is 17.9 Å². The zero-order valence-electron chi connectivity index (χ0n) is 21.4. The molecule has 0 saturated heterocycles. The first-order valence-electron chi connectivity index (χ1n) is 12.0. The Kier molecular flexibility index (Phi) is 8.92. The number of carbonyl (C=O) groups excluding carboxylic acids is 3. The largest absolute Gasteiger partial charge is 0.444 e. The highest BCUT2D eigenvalue weighted by atomic mass is 16.6. The molecule has 0 bridgehead atoms. The van der Waals surface area contributed by atoms with Gasteiger partial charge in [0, 0.05) is 12.1 Å². The zero-order valence-corrected chi connectivity index (χ0v) is 21.4. The molecule has 2 rings (SSSR count). The van der Waals surface area contributed by atoms with Crippen LogP contribution in [0.25, 0.3) is 0 Å². The minimum Gasteiger partial charge on any atom is -0.444 e. The third-order valence-electron chi connectivity index (χ3n) is 5.24. The van der Waals surface area contributed by atoms with E-state index in [0.29, 0.717) is 6.42 Å². The fourth-order valence-corrected chi connectivity index (χ4v) is 3.74. The van der Waals surface area contributed by atoms with Gasteiger partial charge in [-0.1, -0.05) is 43.7 Å². The van der Waals surface area contributed by atoms with Crippen molar-refractivity contribution < 1.29 is 19.1 Å². The molecular weight excluding hydrogens is 418 g/mol. The number of alkyl carbamates (subject to hydrolysis) is 1. The number of hydrogen-bond acceptors (Lipinski definition) is 4. The van der Waals surface area contributed by atoms with Crippen molar-refractivity contribution in [2.24, 2.45) is 5.92 Å². The van der Waals surface area contributed by atoms with Crippen LogP contribution in [0.3, 0.4) is 0 Å². The summed E-state index contributed by atoms with van der Waals surface area (Å²) in [7, 11) is 0. The summed E-state index contributed by atoms with van der Waals surface area (Å²) in [5.41, 5.74) is 1.17. The predicted octanol–water partition coefficient (Wildman–Crippen LogP) is 4.49. The molecule has 33 heavy (non-hydrogen) atoms. The van der Waals surface area contributed by atoms with E-state index in [2.05, 4.69) is 10.6 Å². The van der Waals surface area contributed by atoms with Crippen molar-refractivity contribution in [2.45, 2.75) is 104 Å². The van der Waals surface area contributed by atoms with Crippen molar-refractivity contribution in [2.75, 3.05) is 0 Å². The molecule has 2 unspecified atom stereocenters. The first-order valence-corrected chi connectivity index (χ1v) is 12.0. The summed E-state index contributed by atoms with van der Waals surface area (Å²) < 4.78 is 5.41. The summed E-state index contributed by atoms with van der Waals surface area (Å²) in [6.45, 7) is 15.1. The predicted molar refractivity (Wildman–Crippen MR) is 130 cm³/mol. The molecule has 0 radical (unpaired) electrons. The highest BCUT2D eigenvalue weighted by Gasteiger charge is 2.44. The monoisotopic (exact) mass is 459 g/mol. The Labute approximate surface area is 198 Å². The number of nitrogens with one attached hydrogen (secondary N) is 2. The fourth-order valence-electron chi connectivity index (χ4n) is 3.74. The second kappa shape index (κ2) is 11.0. The number of benzene rings is 1. The van der Waals surface area contributed by atoms with Crippen LogP contribution < -0.4 is 10.6 Å². The topological polar surface area (TPSA) is 87.7 Å². The standard InChI is InChI=1S/C26H41N3O4/c1-16(2)15-21(28-25(32)33-26(6,7)8)24(31)29(20-13-14-20)22(23(30)27-17(3)4)19-11-9-18(5)10-12-19/h9-12,16-17,20-22H,13-15H2,1-8H3,(H,27,30)(H,28,32). The van der Waals surface area contributed by atoms with E-state index in [1.54, 1.807) is 25.7 Å². The number of amides is 3. The Balaban J connectivity index is 2.41. The number of hydrogen-bond donors (Lipinski definition) is 2. The molecule has 0 spiro atoms. The van der Waals surface area contributed by atoms with Gasteiger partial charge in [-0.3, -0.25) is 9.59 Å². The van der Waals surface area contributed by atoms with E-state index in [9.17, 15) is 14.4 Å². The molecule has 1 aliphatic rings. The molecule has 184 valence electrons. The summed E-state index contributed by atoms with van der Waals surface area (Å²) in [6, 6.07) is 6.08. The van der Waals surface area contributed by atoms with Crippen LogP contribution in [0.5, 0.6) is 0 Å². The molecule has 2 N–H and O–H groups in total. The second-order valence-corrected chi connectivity index (χ2v) is 10.8. The van der Waals surface area contributed by atoms with Gasteiger partial charge in [0.2, 0.25) is 11.8 Å². The maximum atomic E-state index is 13.9. The molecule has 1 saturated carbocycles. The van der Waals surface area contributed by atoms with Gasteiger partial charge in [-0.05, 0) is 72.3 Å². The maximum absolute atomic E-state index is 13.9. The van der Waals surface area contributed by atoms with Gasteiger partial charge in [0.25, 0.3) is 0 Å². The quantitative estimate of drug-likeness (QED) is 0.569. The number of rotatable bonds is 9. The van der Waals surface area contributed by atoms with Gasteiger partial charge < -0.3 is 20.3 Å². The average molecular weight is 460 g/mol. The first kappa shape index (κ1) is 26.7. The lowest BCUT2D eigenvalue weighted by molar-refractivity contribution is -0.143. The average Bonchev–Trinajstić information content (AvgIpc) is 3.48. The molecule has 1 aliphatic carbocycles. The maximum Gasteiger partial charge on any atom is 0.408 e. The molecule has 7 heteroatoms. The summed E-state index contributed by atoms with van der Waals surface area (Å²) >= 11 is 0. The van der Waals surface area contributed by atoms with E-state index in [0.717, 1.165) is 24.0 Å². The lowest BCUT2D eigenvalue weighted by atomic mass is 9.98. The molecule has 3 amide bonds. The summed E-state index contributed by atoms with van der Waals surface area (Å²) in [4.78, 5) is 41.5. The minimum atomic E-state index is -0.778. The summed E-state index contributed by atoms with van der Waals surface area (Å²) in [5, 5.41) is 5.76. The van der Waals surface area contributed by atoms with Gasteiger partial charge in [0.15, 0.2) is 0 Å². The zero-order chi connectivity index (χ0) is 24.9. The van der Waals surface area contributed by atoms with Crippen molar-refractivity contribution in [3.8, 4) is 0 Å². The van der Waals surface area contributed by atoms with Crippen LogP contribution >= 0.6 is 0 Å². The van der Waals surface area contributed by atoms with Crippen molar-refractivity contribution in [3.05, 3.63) is 35.4 Å². The summed E-state index contributed by atoms with van der Waals surface area (Å²) in [5.74, 6) is -0.298. The second-order valence-electron chi connectivity index (χ2n) is 10.8. The van der Waals surface area contributed by atoms with Gasteiger partial charge in [-0.2, -0.15) is 0 Å². The van der Waals surface area contributed by atoms with E-state index in [1.165, 1.54) is 0 Å². The molecule has 0 heterocycles. The minimum absolute atomic E-state index is 0.0307. The Morgan fingerprint density at radius 3 is 2.06 bits per heavy atom. The summed E-state index contributed by atoms with van der Waals surface area (Å²) in [6.07, 6.45) is 1.50. The highest BCUT2D eigenvalue weighted by Crippen LogP contribution is 2.36. The Hall–Kier alpha value is -2.57. The van der Waals surface area contributed by atoms with Crippen molar-refractivity contribution in [3.63, 3.8) is 0 Å². The number of ether oxygens (including phenoxy) is 1. The lowest BCUT2D eigenvalue weighted by Crippen LogP contribution is -2.54. The molecule has 1 fully saturated rings. The molecule has 2 atom stereocenters. The van der Waals surface area contributed by atoms with Crippen molar-refractivity contribution in [1.29, 1.82) is 0 Å². The fraction of sp³-hybridized carbons (Fsp3) is 0.654. The molecule has 0 aliphatic heterocycles. The molecular formula is C26H41N3O4. The van der Waals surface area contributed by atoms with Crippen LogP contribution in [-0.2, 0) is 14.3 Å². The number of aryl methyl sites for hydroxylation is 1. The van der Waals surface area contributed by atoms with E-state index < -0.39 is 23.8 Å². The van der Waals surface area contributed by atoms with Crippen LogP contribution in [-0.4, -0.2) is 46.5 Å². The number of carbonyl (C=O) groups is 3. The van der Waals surface area contributed by atoms with Crippen LogP contribution in [0.2, 0.25) is 0 Å². The van der Waals surface area contributed by atoms with Gasteiger partial charge in [-0.25, -0.2) is 4.79 Å². The van der Waals surface area contributed by atoms with Gasteiger partial charge in [0.05, 0.1) is 0 Å². The third-order valence-corrected chi connectivity index (χ3v) is 5.24. The smallest absolute Gasteiger partial charge is 0.408 e. The van der Waals surface area contributed by atoms with Crippen LogP contribution in [0.1, 0.15) is 84.9 Å². The van der Waals surface area contributed by atoms with Crippen LogP contribution in [0.15, 0.2) is 24.3 Å². The third kappa shape index (κ3) is 8.37. The van der Waals surface area contributed by atoms with Crippen LogP contribution in [0, 0.1) is 12.8 Å². The van der Waals surface area contributed by atoms with E-state index >= 15 is 0 Å². The van der Waals surface area contributed by atoms with Gasteiger partial charge in [-0.15, -0.1) is 0 Å². The Morgan fingerprint density at radius 2 is 1.61 bits per heavy atom. The van der Waals surface area contributed by atoms with E-state index in [4.69, 9.17) is 4.74 Å². The number of nitrogens with zero attached hydrogens (tertiary/aromatic N) is 1. The molecule has 0 aromatic heterocycles.